The zero-order valence-corrected chi connectivity index (χ0v) is 12.5. The van der Waals surface area contributed by atoms with Gasteiger partial charge in [0.15, 0.2) is 0 Å². The molecule has 1 N–H and O–H groups in total. The Hall–Kier alpha value is -1.56. The molecule has 0 amide bonds. The molecule has 2 heterocycles. The quantitative estimate of drug-likeness (QED) is 0.917. The van der Waals surface area contributed by atoms with Gasteiger partial charge in [0.2, 0.25) is 0 Å². The van der Waals surface area contributed by atoms with Gasteiger partial charge in [-0.15, -0.1) is 0 Å². The monoisotopic (exact) mass is 325 g/mol. The summed E-state index contributed by atoms with van der Waals surface area (Å²) in [5, 5.41) is 7.27. The van der Waals surface area contributed by atoms with Crippen LogP contribution in [0.3, 0.4) is 0 Å². The molecule has 0 fully saturated rings. The maximum Gasteiger partial charge on any atom is 0.282 e. The lowest BCUT2D eigenvalue weighted by Gasteiger charge is -2.15. The maximum atomic E-state index is 11.7. The van der Waals surface area contributed by atoms with E-state index in [-0.39, 0.29) is 11.6 Å². The van der Waals surface area contributed by atoms with Crippen molar-refractivity contribution in [3.8, 4) is 0 Å². The lowest BCUT2D eigenvalue weighted by Crippen LogP contribution is -2.24. The molecular formula is C13H16BrN3O2. The Morgan fingerprint density at radius 3 is 3.05 bits per heavy atom. The molecule has 102 valence electrons. The molecule has 2 rings (SSSR count). The molecule has 5 nitrogen and oxygen atoms in total. The zero-order valence-electron chi connectivity index (χ0n) is 10.9. The number of rotatable bonds is 5. The number of hydrogen-bond acceptors (Lipinski definition) is 4. The standard InChI is InChI=1S/C13H16BrN3O2/c1-9(5-6-10-4-3-7-19-10)16-11-8-15-17(2)13(18)12(11)14/h3-4,7-9,16H,5-6H2,1-2H3. The lowest BCUT2D eigenvalue weighted by atomic mass is 10.1. The van der Waals surface area contributed by atoms with Gasteiger partial charge < -0.3 is 9.73 Å². The van der Waals surface area contributed by atoms with Gasteiger partial charge in [0.05, 0.1) is 18.1 Å². The highest BCUT2D eigenvalue weighted by Crippen LogP contribution is 2.18. The topological polar surface area (TPSA) is 60.1 Å². The molecule has 1 atom stereocenters. The zero-order chi connectivity index (χ0) is 13.8. The second-order valence-electron chi connectivity index (χ2n) is 4.46. The van der Waals surface area contributed by atoms with Crippen molar-refractivity contribution in [2.75, 3.05) is 5.32 Å². The van der Waals surface area contributed by atoms with E-state index < -0.39 is 0 Å². The highest BCUT2D eigenvalue weighted by molar-refractivity contribution is 9.10. The van der Waals surface area contributed by atoms with Gasteiger partial charge in [-0.25, -0.2) is 4.68 Å². The Kier molecular flexibility index (Phi) is 4.42. The average Bonchev–Trinajstić information content (AvgIpc) is 2.90. The van der Waals surface area contributed by atoms with Crippen molar-refractivity contribution in [3.63, 3.8) is 0 Å². The summed E-state index contributed by atoms with van der Waals surface area (Å²) in [5.41, 5.74) is 0.568. The SMILES string of the molecule is CC(CCc1ccco1)Nc1cnn(C)c(=O)c1Br. The van der Waals surface area contributed by atoms with Crippen LogP contribution in [0, 0.1) is 0 Å². The summed E-state index contributed by atoms with van der Waals surface area (Å²) in [5.74, 6) is 0.967. The predicted molar refractivity (Wildman–Crippen MR) is 77.3 cm³/mol. The molecule has 0 aliphatic heterocycles. The van der Waals surface area contributed by atoms with Gasteiger partial charge in [0.25, 0.3) is 5.56 Å². The maximum absolute atomic E-state index is 11.7. The Bertz CT molecular complexity index is 592. The Labute approximate surface area is 119 Å². The van der Waals surface area contributed by atoms with E-state index in [1.807, 2.05) is 12.1 Å². The largest absolute Gasteiger partial charge is 0.469 e. The first kappa shape index (κ1) is 13.9. The van der Waals surface area contributed by atoms with Crippen LogP contribution >= 0.6 is 15.9 Å². The molecule has 2 aromatic rings. The van der Waals surface area contributed by atoms with Crippen molar-refractivity contribution in [1.29, 1.82) is 0 Å². The molecule has 6 heteroatoms. The first-order valence-corrected chi connectivity index (χ1v) is 6.88. The van der Waals surface area contributed by atoms with Crippen molar-refractivity contribution in [1.82, 2.24) is 9.78 Å². The number of furan rings is 1. The van der Waals surface area contributed by atoms with Crippen molar-refractivity contribution in [2.45, 2.75) is 25.8 Å². The van der Waals surface area contributed by atoms with Crippen LogP contribution in [-0.4, -0.2) is 15.8 Å². The smallest absolute Gasteiger partial charge is 0.282 e. The molecule has 0 spiro atoms. The van der Waals surface area contributed by atoms with Crippen LogP contribution in [0.1, 0.15) is 19.1 Å². The summed E-state index contributed by atoms with van der Waals surface area (Å²) in [6.07, 6.45) is 5.09. The third-order valence-corrected chi connectivity index (χ3v) is 3.65. The normalized spacial score (nSPS) is 12.4. The molecule has 0 saturated heterocycles. The fourth-order valence-corrected chi connectivity index (χ4v) is 2.24. The minimum absolute atomic E-state index is 0.150. The van der Waals surface area contributed by atoms with Gasteiger partial charge in [0.1, 0.15) is 10.2 Å². The van der Waals surface area contributed by atoms with Gasteiger partial charge in [-0.1, -0.05) is 0 Å². The van der Waals surface area contributed by atoms with Gasteiger partial charge >= 0.3 is 0 Å². The molecule has 2 aromatic heterocycles. The van der Waals surface area contributed by atoms with Crippen LogP contribution in [0.2, 0.25) is 0 Å². The van der Waals surface area contributed by atoms with Crippen molar-refractivity contribution >= 4 is 21.6 Å². The number of anilines is 1. The van der Waals surface area contributed by atoms with E-state index in [4.69, 9.17) is 4.42 Å². The van der Waals surface area contributed by atoms with Gasteiger partial charge in [-0.2, -0.15) is 5.10 Å². The van der Waals surface area contributed by atoms with Crippen molar-refractivity contribution < 1.29 is 4.42 Å². The van der Waals surface area contributed by atoms with E-state index in [9.17, 15) is 4.79 Å². The molecule has 1 unspecified atom stereocenters. The van der Waals surface area contributed by atoms with Crippen LogP contribution in [0.15, 0.2) is 38.3 Å². The second kappa shape index (κ2) is 6.06. The van der Waals surface area contributed by atoms with E-state index in [2.05, 4.69) is 33.3 Å². The first-order valence-electron chi connectivity index (χ1n) is 6.08. The minimum atomic E-state index is -0.150. The van der Waals surface area contributed by atoms with Crippen LogP contribution in [0.5, 0.6) is 0 Å². The number of halogens is 1. The molecule has 0 saturated carbocycles. The van der Waals surface area contributed by atoms with Crippen molar-refractivity contribution in [3.05, 3.63) is 45.2 Å². The highest BCUT2D eigenvalue weighted by Gasteiger charge is 2.10. The summed E-state index contributed by atoms with van der Waals surface area (Å²) in [4.78, 5) is 11.7. The molecular weight excluding hydrogens is 310 g/mol. The fourth-order valence-electron chi connectivity index (χ4n) is 1.76. The van der Waals surface area contributed by atoms with E-state index in [1.165, 1.54) is 4.68 Å². The number of aryl methyl sites for hydroxylation is 2. The third kappa shape index (κ3) is 3.47. The highest BCUT2D eigenvalue weighted by atomic mass is 79.9. The lowest BCUT2D eigenvalue weighted by molar-refractivity contribution is 0.495. The summed E-state index contributed by atoms with van der Waals surface area (Å²) in [6.45, 7) is 2.06. The Morgan fingerprint density at radius 2 is 2.37 bits per heavy atom. The summed E-state index contributed by atoms with van der Waals surface area (Å²) >= 11 is 3.29. The third-order valence-electron chi connectivity index (χ3n) is 2.88. The number of hydrogen-bond donors (Lipinski definition) is 1. The van der Waals surface area contributed by atoms with E-state index in [0.717, 1.165) is 24.3 Å². The molecule has 19 heavy (non-hydrogen) atoms. The predicted octanol–water partition coefficient (Wildman–Crippen LogP) is 2.57. The minimum Gasteiger partial charge on any atom is -0.469 e. The summed E-state index contributed by atoms with van der Waals surface area (Å²) < 4.78 is 7.09. The van der Waals surface area contributed by atoms with Crippen LogP contribution in [0.4, 0.5) is 5.69 Å². The van der Waals surface area contributed by atoms with E-state index in [1.54, 1.807) is 19.5 Å². The number of aromatic nitrogens is 2. The fraction of sp³-hybridized carbons (Fsp3) is 0.385. The first-order chi connectivity index (χ1) is 9.08. The Morgan fingerprint density at radius 1 is 1.58 bits per heavy atom. The molecule has 0 radical (unpaired) electrons. The number of nitrogens with zero attached hydrogens (tertiary/aromatic N) is 2. The summed E-state index contributed by atoms with van der Waals surface area (Å²) in [6, 6.07) is 4.06. The molecule has 0 aromatic carbocycles. The molecule has 0 aliphatic carbocycles. The van der Waals surface area contributed by atoms with Gasteiger partial charge in [-0.3, -0.25) is 4.79 Å². The van der Waals surface area contributed by atoms with Crippen LogP contribution < -0.4 is 10.9 Å². The van der Waals surface area contributed by atoms with Gasteiger partial charge in [0, 0.05) is 19.5 Å². The summed E-state index contributed by atoms with van der Waals surface area (Å²) in [7, 11) is 1.62. The van der Waals surface area contributed by atoms with Crippen LogP contribution in [0.25, 0.3) is 0 Å². The van der Waals surface area contributed by atoms with E-state index in [0.29, 0.717) is 4.47 Å². The Balaban J connectivity index is 1.97. The van der Waals surface area contributed by atoms with Crippen LogP contribution in [-0.2, 0) is 13.5 Å². The van der Waals surface area contributed by atoms with Gasteiger partial charge in [-0.05, 0) is 41.4 Å². The number of nitrogens with one attached hydrogen (secondary N) is 1. The second-order valence-corrected chi connectivity index (χ2v) is 5.26. The average molecular weight is 326 g/mol. The molecule has 0 bridgehead atoms. The molecule has 0 aliphatic rings. The van der Waals surface area contributed by atoms with Crippen molar-refractivity contribution in [2.24, 2.45) is 7.05 Å². The van der Waals surface area contributed by atoms with E-state index >= 15 is 0 Å².